The minimum absolute atomic E-state index is 0.125. The van der Waals surface area contributed by atoms with Crippen LogP contribution in [-0.2, 0) is 0 Å². The van der Waals surface area contributed by atoms with Crippen LogP contribution in [-0.4, -0.2) is 29.9 Å². The van der Waals surface area contributed by atoms with Crippen molar-refractivity contribution in [2.75, 3.05) is 14.2 Å². The van der Waals surface area contributed by atoms with Gasteiger partial charge in [-0.3, -0.25) is 0 Å². The van der Waals surface area contributed by atoms with E-state index in [0.717, 1.165) is 0 Å². The van der Waals surface area contributed by atoms with E-state index in [-0.39, 0.29) is 5.56 Å². The molecule has 18 heavy (non-hydrogen) atoms. The van der Waals surface area contributed by atoms with Gasteiger partial charge >= 0.3 is 5.97 Å². The highest BCUT2D eigenvalue weighted by Crippen LogP contribution is 2.34. The molecule has 94 valence electrons. The van der Waals surface area contributed by atoms with Crippen molar-refractivity contribution in [1.29, 1.82) is 0 Å². The predicted octanol–water partition coefficient (Wildman–Crippen LogP) is 2.19. The number of hydrogen-bond acceptors (Lipinski definition) is 3. The number of carboxylic acids is 1. The Kier molecular flexibility index (Phi) is 3.23. The van der Waals surface area contributed by atoms with Crippen LogP contribution < -0.4 is 9.47 Å². The van der Waals surface area contributed by atoms with Crippen LogP contribution in [0.25, 0.3) is 5.69 Å². The summed E-state index contributed by atoms with van der Waals surface area (Å²) in [6.45, 7) is 0. The van der Waals surface area contributed by atoms with Crippen molar-refractivity contribution >= 4 is 5.97 Å². The van der Waals surface area contributed by atoms with E-state index < -0.39 is 5.97 Å². The number of carbonyl (C=O) groups is 1. The van der Waals surface area contributed by atoms with Gasteiger partial charge in [-0.15, -0.1) is 0 Å². The summed E-state index contributed by atoms with van der Waals surface area (Å²) in [6, 6.07) is 6.67. The third-order valence-electron chi connectivity index (χ3n) is 2.59. The van der Waals surface area contributed by atoms with Crippen LogP contribution in [0.2, 0.25) is 0 Å². The number of rotatable bonds is 4. The molecule has 1 heterocycles. The topological polar surface area (TPSA) is 60.7 Å². The minimum atomic E-state index is -1.02. The minimum Gasteiger partial charge on any atom is -0.494 e. The zero-order valence-corrected chi connectivity index (χ0v) is 10.1. The average molecular weight is 247 g/mol. The molecule has 0 aliphatic heterocycles. The van der Waals surface area contributed by atoms with Crippen molar-refractivity contribution < 1.29 is 19.4 Å². The lowest BCUT2D eigenvalue weighted by Gasteiger charge is -2.15. The zero-order valence-electron chi connectivity index (χ0n) is 10.1. The predicted molar refractivity (Wildman–Crippen MR) is 65.8 cm³/mol. The number of ether oxygens (including phenoxy) is 2. The van der Waals surface area contributed by atoms with E-state index in [2.05, 4.69) is 0 Å². The Labute approximate surface area is 104 Å². The van der Waals surface area contributed by atoms with Gasteiger partial charge in [-0.2, -0.15) is 0 Å². The summed E-state index contributed by atoms with van der Waals surface area (Å²) < 4.78 is 12.3. The standard InChI is InChI=1S/C13H13NO4/c1-17-10-7-9(13(15)16)8-11(18-2)12(10)14-5-3-4-6-14/h3-8H,1-2H3,(H,15,16). The molecule has 0 spiro atoms. The first kappa shape index (κ1) is 12.0. The van der Waals surface area contributed by atoms with Gasteiger partial charge in [0.05, 0.1) is 19.8 Å². The van der Waals surface area contributed by atoms with Gasteiger partial charge in [0.15, 0.2) is 0 Å². The van der Waals surface area contributed by atoms with Crippen LogP contribution in [0.3, 0.4) is 0 Å². The van der Waals surface area contributed by atoms with Gasteiger partial charge in [0.25, 0.3) is 0 Å². The van der Waals surface area contributed by atoms with Crippen LogP contribution in [0.15, 0.2) is 36.7 Å². The second kappa shape index (κ2) is 4.83. The van der Waals surface area contributed by atoms with Crippen molar-refractivity contribution in [3.63, 3.8) is 0 Å². The Morgan fingerprint density at radius 1 is 1.11 bits per heavy atom. The Balaban J connectivity index is 2.67. The summed E-state index contributed by atoms with van der Waals surface area (Å²) in [5.41, 5.74) is 0.801. The third kappa shape index (κ3) is 2.02. The first-order chi connectivity index (χ1) is 8.67. The number of methoxy groups -OCH3 is 2. The molecule has 0 atom stereocenters. The van der Waals surface area contributed by atoms with Crippen LogP contribution >= 0.6 is 0 Å². The van der Waals surface area contributed by atoms with Crippen LogP contribution in [0, 0.1) is 0 Å². The third-order valence-corrected chi connectivity index (χ3v) is 2.59. The quantitative estimate of drug-likeness (QED) is 0.899. The lowest BCUT2D eigenvalue weighted by molar-refractivity contribution is 0.0696. The van der Waals surface area contributed by atoms with Crippen molar-refractivity contribution in [2.45, 2.75) is 0 Å². The van der Waals surface area contributed by atoms with Gasteiger partial charge in [0.2, 0.25) is 0 Å². The first-order valence-electron chi connectivity index (χ1n) is 5.30. The van der Waals surface area contributed by atoms with Gasteiger partial charge in [0.1, 0.15) is 17.2 Å². The highest BCUT2D eigenvalue weighted by atomic mass is 16.5. The maximum atomic E-state index is 11.0. The van der Waals surface area contributed by atoms with Gasteiger partial charge in [-0.1, -0.05) is 0 Å². The molecule has 0 aliphatic rings. The molecule has 5 heteroatoms. The maximum Gasteiger partial charge on any atom is 0.335 e. The second-order valence-electron chi connectivity index (χ2n) is 3.62. The average Bonchev–Trinajstić information content (AvgIpc) is 2.90. The summed E-state index contributed by atoms with van der Waals surface area (Å²) in [4.78, 5) is 11.0. The van der Waals surface area contributed by atoms with E-state index in [1.807, 2.05) is 29.1 Å². The highest BCUT2D eigenvalue weighted by molar-refractivity contribution is 5.89. The van der Waals surface area contributed by atoms with E-state index in [1.54, 1.807) is 0 Å². The van der Waals surface area contributed by atoms with Crippen LogP contribution in [0.5, 0.6) is 11.5 Å². The largest absolute Gasteiger partial charge is 0.494 e. The van der Waals surface area contributed by atoms with Crippen LogP contribution in [0.1, 0.15) is 10.4 Å². The molecule has 0 fully saturated rings. The Bertz CT molecular complexity index is 535. The molecule has 0 amide bonds. The molecular formula is C13H13NO4. The molecule has 2 aromatic rings. The molecule has 2 rings (SSSR count). The van der Waals surface area contributed by atoms with E-state index in [0.29, 0.717) is 17.2 Å². The van der Waals surface area contributed by atoms with E-state index in [1.165, 1.54) is 26.4 Å². The fourth-order valence-corrected chi connectivity index (χ4v) is 1.76. The van der Waals surface area contributed by atoms with Crippen molar-refractivity contribution in [3.8, 4) is 17.2 Å². The molecule has 0 radical (unpaired) electrons. The molecule has 0 aliphatic carbocycles. The normalized spacial score (nSPS) is 10.1. The van der Waals surface area contributed by atoms with Crippen LogP contribution in [0.4, 0.5) is 0 Å². The number of hydrogen-bond donors (Lipinski definition) is 1. The van der Waals surface area contributed by atoms with Gasteiger partial charge in [0, 0.05) is 12.4 Å². The van der Waals surface area contributed by atoms with Gasteiger partial charge in [-0.05, 0) is 24.3 Å². The highest BCUT2D eigenvalue weighted by Gasteiger charge is 2.16. The molecule has 5 nitrogen and oxygen atoms in total. The fourth-order valence-electron chi connectivity index (χ4n) is 1.76. The molecule has 0 saturated heterocycles. The summed E-state index contributed by atoms with van der Waals surface area (Å²) >= 11 is 0. The monoisotopic (exact) mass is 247 g/mol. The van der Waals surface area contributed by atoms with E-state index in [4.69, 9.17) is 14.6 Å². The van der Waals surface area contributed by atoms with Crippen molar-refractivity contribution in [2.24, 2.45) is 0 Å². The molecule has 0 saturated carbocycles. The number of benzene rings is 1. The van der Waals surface area contributed by atoms with Crippen molar-refractivity contribution in [1.82, 2.24) is 4.57 Å². The summed E-state index contributed by atoms with van der Waals surface area (Å²) in [7, 11) is 2.99. The SMILES string of the molecule is COc1cc(C(=O)O)cc(OC)c1-n1cccc1. The molecule has 1 aromatic heterocycles. The van der Waals surface area contributed by atoms with Gasteiger partial charge in [-0.25, -0.2) is 4.79 Å². The Hall–Kier alpha value is -2.43. The molecule has 1 N–H and O–H groups in total. The van der Waals surface area contributed by atoms with E-state index >= 15 is 0 Å². The van der Waals surface area contributed by atoms with Gasteiger partial charge < -0.3 is 19.1 Å². The summed E-state index contributed by atoms with van der Waals surface area (Å²) in [5.74, 6) is -0.128. The molecule has 0 unspecified atom stereocenters. The summed E-state index contributed by atoms with van der Waals surface area (Å²) in [6.07, 6.45) is 3.67. The Morgan fingerprint density at radius 3 is 2.00 bits per heavy atom. The lowest BCUT2D eigenvalue weighted by Crippen LogP contribution is -2.04. The number of nitrogens with zero attached hydrogens (tertiary/aromatic N) is 1. The van der Waals surface area contributed by atoms with Crippen molar-refractivity contribution in [3.05, 3.63) is 42.2 Å². The smallest absolute Gasteiger partial charge is 0.335 e. The molecule has 0 bridgehead atoms. The zero-order chi connectivity index (χ0) is 13.1. The number of aromatic carboxylic acids is 1. The number of aromatic nitrogens is 1. The second-order valence-corrected chi connectivity index (χ2v) is 3.62. The molecule has 1 aromatic carbocycles. The summed E-state index contributed by atoms with van der Waals surface area (Å²) in [5, 5.41) is 9.03. The lowest BCUT2D eigenvalue weighted by atomic mass is 10.1. The Morgan fingerprint density at radius 2 is 1.61 bits per heavy atom. The van der Waals surface area contributed by atoms with E-state index in [9.17, 15) is 4.79 Å². The first-order valence-corrected chi connectivity index (χ1v) is 5.30. The fraction of sp³-hybridized carbons (Fsp3) is 0.154. The maximum absolute atomic E-state index is 11.0. The molecular weight excluding hydrogens is 234 g/mol. The number of carboxylic acid groups (broad SMARTS) is 1.